The minimum atomic E-state index is -0.801. The number of Topliss-reactive ketones (excluding diaryl/α,β-unsaturated/α-hetero) is 1. The van der Waals surface area contributed by atoms with Gasteiger partial charge in [-0.25, -0.2) is 4.79 Å². The Hall–Kier alpha value is -3.70. The van der Waals surface area contributed by atoms with E-state index in [1.54, 1.807) is 18.4 Å². The molecule has 0 bridgehead atoms. The lowest BCUT2D eigenvalue weighted by molar-refractivity contribution is 0.103. The van der Waals surface area contributed by atoms with Gasteiger partial charge >= 0.3 is 5.69 Å². The van der Waals surface area contributed by atoms with Crippen LogP contribution in [0.5, 0.6) is 0 Å². The van der Waals surface area contributed by atoms with Crippen molar-refractivity contribution in [2.75, 3.05) is 5.73 Å². The van der Waals surface area contributed by atoms with Crippen molar-refractivity contribution in [1.29, 1.82) is 5.26 Å². The lowest BCUT2D eigenvalue weighted by Gasteiger charge is -2.15. The Bertz CT molecular complexity index is 1230. The maximum absolute atomic E-state index is 13.0. The molecule has 0 unspecified atom stereocenters. The summed E-state index contributed by atoms with van der Waals surface area (Å²) in [4.78, 5) is 38.6. The second-order valence-corrected chi connectivity index (χ2v) is 7.00. The molecule has 3 rings (SSSR count). The van der Waals surface area contributed by atoms with Crippen LogP contribution < -0.4 is 17.0 Å². The first-order valence-corrected chi connectivity index (χ1v) is 9.78. The Morgan fingerprint density at radius 3 is 2.52 bits per heavy atom. The minimum absolute atomic E-state index is 0.0726. The molecule has 1 aromatic carbocycles. The second kappa shape index (κ2) is 8.54. The van der Waals surface area contributed by atoms with Crippen molar-refractivity contribution in [2.45, 2.75) is 20.0 Å². The van der Waals surface area contributed by atoms with E-state index in [4.69, 9.17) is 5.73 Å². The third-order valence-electron chi connectivity index (χ3n) is 4.41. The van der Waals surface area contributed by atoms with Crippen LogP contribution in [0.1, 0.15) is 28.4 Å². The Morgan fingerprint density at radius 2 is 1.93 bits per heavy atom. The molecule has 8 heteroatoms. The molecule has 0 aliphatic carbocycles. The van der Waals surface area contributed by atoms with E-state index in [1.807, 2.05) is 41.8 Å². The summed E-state index contributed by atoms with van der Waals surface area (Å²) < 4.78 is 2.14. The quantitative estimate of drug-likeness (QED) is 0.384. The number of nitrogens with zero attached hydrogens (tertiary/aromatic N) is 3. The molecule has 2 N–H and O–H groups in total. The summed E-state index contributed by atoms with van der Waals surface area (Å²) in [5, 5.41) is 13.1. The molecular weight excluding hydrogens is 388 g/mol. The van der Waals surface area contributed by atoms with E-state index in [0.29, 0.717) is 5.56 Å². The van der Waals surface area contributed by atoms with Crippen LogP contribution in [-0.2, 0) is 13.1 Å². The molecular formula is C21H18N4O3S. The van der Waals surface area contributed by atoms with E-state index < -0.39 is 17.0 Å². The van der Waals surface area contributed by atoms with Gasteiger partial charge in [-0.05, 0) is 41.0 Å². The molecule has 3 aromatic rings. The van der Waals surface area contributed by atoms with Crippen molar-refractivity contribution in [1.82, 2.24) is 9.13 Å². The highest BCUT2D eigenvalue weighted by atomic mass is 32.1. The fraction of sp³-hybridized carbons (Fsp3) is 0.143. The van der Waals surface area contributed by atoms with Gasteiger partial charge in [-0.3, -0.25) is 18.7 Å². The van der Waals surface area contributed by atoms with Crippen LogP contribution in [0.2, 0.25) is 0 Å². The number of rotatable bonds is 6. The van der Waals surface area contributed by atoms with Crippen LogP contribution in [0, 0.1) is 11.3 Å². The number of carbonyl (C=O) groups excluding carboxylic acids is 1. The molecule has 7 nitrogen and oxygen atoms in total. The number of aromatic nitrogens is 2. The highest BCUT2D eigenvalue weighted by Gasteiger charge is 2.25. The van der Waals surface area contributed by atoms with Gasteiger partial charge in [0.15, 0.2) is 0 Å². The molecule has 146 valence electrons. The number of carbonyl (C=O) groups is 1. The number of allylic oxidation sites excluding steroid dienone is 1. The maximum Gasteiger partial charge on any atom is 0.332 e. The SMILES string of the molecule is CCn1c(=O)c(C(=O)/C(C#N)=C/c2ccsc2)c(N)n(Cc2ccccc2)c1=O. The third-order valence-corrected chi connectivity index (χ3v) is 5.12. The van der Waals surface area contributed by atoms with E-state index >= 15 is 0 Å². The monoisotopic (exact) mass is 406 g/mol. The van der Waals surface area contributed by atoms with Crippen LogP contribution in [0.15, 0.2) is 62.3 Å². The zero-order chi connectivity index (χ0) is 21.0. The molecule has 0 radical (unpaired) electrons. The first kappa shape index (κ1) is 20.0. The zero-order valence-electron chi connectivity index (χ0n) is 15.7. The largest absolute Gasteiger partial charge is 0.384 e. The van der Waals surface area contributed by atoms with Crippen molar-refractivity contribution in [3.63, 3.8) is 0 Å². The van der Waals surface area contributed by atoms with E-state index in [1.165, 1.54) is 22.0 Å². The zero-order valence-corrected chi connectivity index (χ0v) is 16.5. The molecule has 0 saturated carbocycles. The van der Waals surface area contributed by atoms with E-state index in [9.17, 15) is 19.6 Å². The summed E-state index contributed by atoms with van der Waals surface area (Å²) in [5.74, 6) is -1.05. The summed E-state index contributed by atoms with van der Waals surface area (Å²) in [5.41, 5.74) is 5.59. The van der Waals surface area contributed by atoms with Crippen molar-refractivity contribution < 1.29 is 4.79 Å². The van der Waals surface area contributed by atoms with E-state index in [-0.39, 0.29) is 30.0 Å². The van der Waals surface area contributed by atoms with E-state index in [2.05, 4.69) is 0 Å². The standard InChI is InChI=1S/C21H18N4O3S/c1-2-24-20(27)17(18(26)16(11-22)10-15-8-9-29-13-15)19(23)25(21(24)28)12-14-6-4-3-5-7-14/h3-10,13H,2,12,23H2,1H3/b16-10+. The number of ketones is 1. The first-order chi connectivity index (χ1) is 14.0. The van der Waals surface area contributed by atoms with Crippen molar-refractivity contribution >= 4 is 29.0 Å². The summed E-state index contributed by atoms with van der Waals surface area (Å²) in [6, 6.07) is 12.7. The lowest BCUT2D eigenvalue weighted by atomic mass is 10.0. The number of thiophene rings is 1. The molecule has 0 aliphatic heterocycles. The highest BCUT2D eigenvalue weighted by molar-refractivity contribution is 7.08. The molecule has 0 fully saturated rings. The van der Waals surface area contributed by atoms with Gasteiger partial charge < -0.3 is 5.73 Å². The predicted molar refractivity (Wildman–Crippen MR) is 113 cm³/mol. The molecule has 0 amide bonds. The average molecular weight is 406 g/mol. The number of nitrogen functional groups attached to an aromatic ring is 1. The number of hydrogen-bond acceptors (Lipinski definition) is 6. The lowest BCUT2D eigenvalue weighted by Crippen LogP contribution is -2.44. The Labute approximate surface area is 170 Å². The summed E-state index contributed by atoms with van der Waals surface area (Å²) in [6.07, 6.45) is 1.40. The molecule has 29 heavy (non-hydrogen) atoms. The van der Waals surface area contributed by atoms with Crippen molar-refractivity contribution in [2.24, 2.45) is 0 Å². The number of benzene rings is 1. The topological polar surface area (TPSA) is 111 Å². The van der Waals surface area contributed by atoms with Gasteiger partial charge in [0.05, 0.1) is 6.54 Å². The number of hydrogen-bond donors (Lipinski definition) is 1. The minimum Gasteiger partial charge on any atom is -0.384 e. The normalized spacial score (nSPS) is 11.2. The van der Waals surface area contributed by atoms with Crippen LogP contribution in [-0.4, -0.2) is 14.9 Å². The smallest absolute Gasteiger partial charge is 0.332 e. The Morgan fingerprint density at radius 1 is 1.21 bits per heavy atom. The number of anilines is 1. The molecule has 2 aromatic heterocycles. The first-order valence-electron chi connectivity index (χ1n) is 8.83. The molecule has 0 atom stereocenters. The van der Waals surface area contributed by atoms with Crippen LogP contribution in [0.3, 0.4) is 0 Å². The van der Waals surface area contributed by atoms with Crippen LogP contribution in [0.25, 0.3) is 6.08 Å². The average Bonchev–Trinajstić information content (AvgIpc) is 3.23. The van der Waals surface area contributed by atoms with Gasteiger partial charge in [-0.15, -0.1) is 0 Å². The third kappa shape index (κ3) is 3.95. The Balaban J connectivity index is 2.19. The summed E-state index contributed by atoms with van der Waals surface area (Å²) in [7, 11) is 0. The van der Waals surface area contributed by atoms with Crippen LogP contribution in [0.4, 0.5) is 5.82 Å². The van der Waals surface area contributed by atoms with Gasteiger partial charge in [0.25, 0.3) is 5.56 Å². The second-order valence-electron chi connectivity index (χ2n) is 6.22. The van der Waals surface area contributed by atoms with Gasteiger partial charge in [0.2, 0.25) is 5.78 Å². The summed E-state index contributed by atoms with van der Waals surface area (Å²) in [6.45, 7) is 1.80. The summed E-state index contributed by atoms with van der Waals surface area (Å²) >= 11 is 1.42. The van der Waals surface area contributed by atoms with Gasteiger partial charge in [-0.1, -0.05) is 30.3 Å². The molecule has 0 saturated heterocycles. The predicted octanol–water partition coefficient (Wildman–Crippen LogP) is 2.51. The number of nitrogens with two attached hydrogens (primary N) is 1. The molecule has 0 aliphatic rings. The fourth-order valence-electron chi connectivity index (χ4n) is 2.93. The van der Waals surface area contributed by atoms with Gasteiger partial charge in [0.1, 0.15) is 23.0 Å². The van der Waals surface area contributed by atoms with Crippen molar-refractivity contribution in [3.8, 4) is 6.07 Å². The highest BCUT2D eigenvalue weighted by Crippen LogP contribution is 2.17. The van der Waals surface area contributed by atoms with Gasteiger partial charge in [-0.2, -0.15) is 16.6 Å². The molecule has 0 spiro atoms. The van der Waals surface area contributed by atoms with Crippen molar-refractivity contribution in [3.05, 3.63) is 90.3 Å². The maximum atomic E-state index is 13.0. The number of nitriles is 1. The molecule has 2 heterocycles. The van der Waals surface area contributed by atoms with E-state index in [0.717, 1.165) is 10.1 Å². The van der Waals surface area contributed by atoms with Gasteiger partial charge in [0, 0.05) is 6.54 Å². The van der Waals surface area contributed by atoms with Crippen LogP contribution >= 0.6 is 11.3 Å². The fourth-order valence-corrected chi connectivity index (χ4v) is 3.55. The Kier molecular flexibility index (Phi) is 5.90.